The molecule has 0 radical (unpaired) electrons. The first-order valence-corrected chi connectivity index (χ1v) is 11.3. The highest BCUT2D eigenvalue weighted by Gasteiger charge is 2.41. The standard InChI is InChI=1S/C22H28ClN7O2/c1-13-11-22(12-32-13)6-9-30(10-7-22)21-25-18-15(20(31)29(21)4)17(26-27-18)14-5-8-24-19(16(14)23)28(2)3/h5,8,13H,6-7,9-12H2,1-4H3,(H,26,27)/t13-/m0/s1. The molecule has 3 aromatic heterocycles. The number of anilines is 2. The van der Waals surface area contributed by atoms with Crippen molar-refractivity contribution in [1.82, 2.24) is 24.7 Å². The van der Waals surface area contributed by atoms with Crippen LogP contribution in [0.15, 0.2) is 17.1 Å². The molecule has 0 saturated carbocycles. The van der Waals surface area contributed by atoms with E-state index in [1.54, 1.807) is 23.9 Å². The lowest BCUT2D eigenvalue weighted by Gasteiger charge is -2.39. The zero-order chi connectivity index (χ0) is 22.6. The van der Waals surface area contributed by atoms with Crippen LogP contribution in [0.2, 0.25) is 5.02 Å². The van der Waals surface area contributed by atoms with Crippen LogP contribution in [0, 0.1) is 5.41 Å². The van der Waals surface area contributed by atoms with Gasteiger partial charge in [-0.25, -0.2) is 4.98 Å². The zero-order valence-electron chi connectivity index (χ0n) is 18.9. The molecule has 1 spiro atoms. The third-order valence-electron chi connectivity index (χ3n) is 6.83. The minimum atomic E-state index is -0.147. The zero-order valence-corrected chi connectivity index (χ0v) is 19.6. The van der Waals surface area contributed by atoms with E-state index in [2.05, 4.69) is 27.0 Å². The Morgan fingerprint density at radius 2 is 2.06 bits per heavy atom. The lowest BCUT2D eigenvalue weighted by molar-refractivity contribution is 0.0974. The molecule has 1 atom stereocenters. The predicted molar refractivity (Wildman–Crippen MR) is 126 cm³/mol. The number of fused-ring (bicyclic) bond motifs is 1. The fourth-order valence-electron chi connectivity index (χ4n) is 5.03. The number of aromatic nitrogens is 5. The number of ether oxygens (including phenoxy) is 1. The van der Waals surface area contributed by atoms with Gasteiger partial charge in [0.05, 0.1) is 17.7 Å². The topological polar surface area (TPSA) is 92.2 Å². The van der Waals surface area contributed by atoms with Crippen LogP contribution < -0.4 is 15.4 Å². The summed E-state index contributed by atoms with van der Waals surface area (Å²) in [5.74, 6) is 1.28. The molecule has 0 aliphatic carbocycles. The number of hydrogen-bond acceptors (Lipinski definition) is 7. The number of nitrogens with zero attached hydrogens (tertiary/aromatic N) is 6. The molecule has 5 heterocycles. The molecule has 5 rings (SSSR count). The van der Waals surface area contributed by atoms with Gasteiger partial charge in [-0.3, -0.25) is 14.5 Å². The van der Waals surface area contributed by atoms with Gasteiger partial charge in [0, 0.05) is 46.0 Å². The second-order valence-corrected chi connectivity index (χ2v) is 9.65. The molecule has 32 heavy (non-hydrogen) atoms. The summed E-state index contributed by atoms with van der Waals surface area (Å²) in [4.78, 5) is 26.6. The predicted octanol–water partition coefficient (Wildman–Crippen LogP) is 2.83. The van der Waals surface area contributed by atoms with E-state index >= 15 is 0 Å². The van der Waals surface area contributed by atoms with E-state index in [1.165, 1.54) is 0 Å². The molecule has 0 bridgehead atoms. The van der Waals surface area contributed by atoms with E-state index in [4.69, 9.17) is 21.3 Å². The molecule has 10 heteroatoms. The molecule has 170 valence electrons. The fraction of sp³-hybridized carbons (Fsp3) is 0.545. The number of rotatable bonds is 3. The highest BCUT2D eigenvalue weighted by molar-refractivity contribution is 6.36. The summed E-state index contributed by atoms with van der Waals surface area (Å²) in [5, 5.41) is 8.25. The van der Waals surface area contributed by atoms with Gasteiger partial charge in [0.15, 0.2) is 5.65 Å². The van der Waals surface area contributed by atoms with Crippen molar-refractivity contribution in [3.05, 3.63) is 27.6 Å². The second kappa shape index (κ2) is 7.74. The highest BCUT2D eigenvalue weighted by atomic mass is 35.5. The Kier molecular flexibility index (Phi) is 5.13. The van der Waals surface area contributed by atoms with Crippen molar-refractivity contribution in [3.63, 3.8) is 0 Å². The van der Waals surface area contributed by atoms with Crippen LogP contribution in [-0.4, -0.2) is 64.6 Å². The van der Waals surface area contributed by atoms with E-state index in [0.717, 1.165) is 39.0 Å². The van der Waals surface area contributed by atoms with Gasteiger partial charge in [0.25, 0.3) is 5.56 Å². The monoisotopic (exact) mass is 457 g/mol. The summed E-state index contributed by atoms with van der Waals surface area (Å²) in [6, 6.07) is 1.77. The molecule has 0 aromatic carbocycles. The largest absolute Gasteiger partial charge is 0.378 e. The number of H-pyrrole nitrogens is 1. The van der Waals surface area contributed by atoms with Crippen LogP contribution in [-0.2, 0) is 11.8 Å². The van der Waals surface area contributed by atoms with Crippen molar-refractivity contribution in [2.75, 3.05) is 43.6 Å². The van der Waals surface area contributed by atoms with Crippen LogP contribution in [0.4, 0.5) is 11.8 Å². The van der Waals surface area contributed by atoms with E-state index < -0.39 is 0 Å². The van der Waals surface area contributed by atoms with Gasteiger partial charge in [-0.05, 0) is 37.7 Å². The average Bonchev–Trinajstić information content (AvgIpc) is 3.35. The minimum absolute atomic E-state index is 0.147. The van der Waals surface area contributed by atoms with Crippen LogP contribution in [0.25, 0.3) is 22.3 Å². The van der Waals surface area contributed by atoms with Gasteiger partial charge in [-0.15, -0.1) is 0 Å². The Morgan fingerprint density at radius 1 is 1.31 bits per heavy atom. The maximum atomic E-state index is 13.4. The van der Waals surface area contributed by atoms with E-state index in [9.17, 15) is 4.79 Å². The smallest absolute Gasteiger partial charge is 0.266 e. The SMILES string of the molecule is C[C@H]1CC2(CCN(c3nc4[nH]nc(-c5ccnc(N(C)C)c5Cl)c4c(=O)n3C)CC2)CO1. The Morgan fingerprint density at radius 3 is 2.72 bits per heavy atom. The number of piperidine rings is 1. The summed E-state index contributed by atoms with van der Waals surface area (Å²) in [6.45, 7) is 4.68. The van der Waals surface area contributed by atoms with Gasteiger partial charge in [-0.2, -0.15) is 10.1 Å². The van der Waals surface area contributed by atoms with Crippen molar-refractivity contribution in [1.29, 1.82) is 0 Å². The van der Waals surface area contributed by atoms with Crippen molar-refractivity contribution < 1.29 is 4.74 Å². The molecule has 2 fully saturated rings. The molecule has 3 aromatic rings. The normalized spacial score (nSPS) is 20.4. The van der Waals surface area contributed by atoms with E-state index in [-0.39, 0.29) is 11.0 Å². The summed E-state index contributed by atoms with van der Waals surface area (Å²) in [7, 11) is 5.51. The summed E-state index contributed by atoms with van der Waals surface area (Å²) in [6.07, 6.45) is 5.19. The van der Waals surface area contributed by atoms with Crippen LogP contribution in [0.1, 0.15) is 26.2 Å². The van der Waals surface area contributed by atoms with Gasteiger partial charge in [0.2, 0.25) is 5.95 Å². The van der Waals surface area contributed by atoms with Crippen LogP contribution in [0.3, 0.4) is 0 Å². The Bertz CT molecular complexity index is 1230. The number of hydrogen-bond donors (Lipinski definition) is 1. The third kappa shape index (κ3) is 3.34. The number of aromatic amines is 1. The highest BCUT2D eigenvalue weighted by Crippen LogP contribution is 2.42. The second-order valence-electron chi connectivity index (χ2n) is 9.28. The number of pyridine rings is 1. The molecular formula is C22H28ClN7O2. The lowest BCUT2D eigenvalue weighted by Crippen LogP contribution is -2.43. The Labute approximate surface area is 191 Å². The summed E-state index contributed by atoms with van der Waals surface area (Å²) >= 11 is 6.60. The minimum Gasteiger partial charge on any atom is -0.378 e. The van der Waals surface area contributed by atoms with Crippen molar-refractivity contribution in [3.8, 4) is 11.3 Å². The van der Waals surface area contributed by atoms with E-state index in [0.29, 0.717) is 45.2 Å². The van der Waals surface area contributed by atoms with Gasteiger partial charge >= 0.3 is 0 Å². The number of nitrogens with one attached hydrogen (secondary N) is 1. The van der Waals surface area contributed by atoms with Gasteiger partial charge < -0.3 is 14.5 Å². The first kappa shape index (κ1) is 21.2. The van der Waals surface area contributed by atoms with Crippen molar-refractivity contribution in [2.45, 2.75) is 32.3 Å². The molecule has 0 amide bonds. The fourth-order valence-corrected chi connectivity index (χ4v) is 5.40. The van der Waals surface area contributed by atoms with Crippen molar-refractivity contribution in [2.24, 2.45) is 12.5 Å². The lowest BCUT2D eigenvalue weighted by atomic mass is 9.77. The summed E-state index contributed by atoms with van der Waals surface area (Å²) < 4.78 is 7.46. The molecule has 0 unspecified atom stereocenters. The van der Waals surface area contributed by atoms with Gasteiger partial charge in [-0.1, -0.05) is 11.6 Å². The third-order valence-corrected chi connectivity index (χ3v) is 7.20. The first-order chi connectivity index (χ1) is 15.3. The molecule has 2 aliphatic rings. The molecule has 9 nitrogen and oxygen atoms in total. The summed E-state index contributed by atoms with van der Waals surface area (Å²) in [5.41, 5.74) is 1.73. The quantitative estimate of drug-likeness (QED) is 0.646. The molecule has 1 N–H and O–H groups in total. The van der Waals surface area contributed by atoms with E-state index in [1.807, 2.05) is 19.0 Å². The Hall–Kier alpha value is -2.65. The molecule has 2 saturated heterocycles. The number of halogens is 1. The first-order valence-electron chi connectivity index (χ1n) is 10.9. The van der Waals surface area contributed by atoms with Crippen molar-refractivity contribution >= 4 is 34.4 Å². The Balaban J connectivity index is 1.51. The maximum absolute atomic E-state index is 13.4. The average molecular weight is 458 g/mol. The molecular weight excluding hydrogens is 430 g/mol. The van der Waals surface area contributed by atoms with Crippen LogP contribution >= 0.6 is 11.6 Å². The maximum Gasteiger partial charge on any atom is 0.266 e. The van der Waals surface area contributed by atoms with Gasteiger partial charge in [0.1, 0.15) is 16.9 Å². The van der Waals surface area contributed by atoms with Crippen LogP contribution in [0.5, 0.6) is 0 Å². The molecule has 2 aliphatic heterocycles.